The normalized spacial score (nSPS) is 12.2. The fourth-order valence-electron chi connectivity index (χ4n) is 1.86. The molecule has 0 unspecified atom stereocenters. The molecule has 118 valence electrons. The zero-order chi connectivity index (χ0) is 15.3. The van der Waals surface area contributed by atoms with Gasteiger partial charge in [-0.15, -0.1) is 0 Å². The van der Waals surface area contributed by atoms with Crippen molar-refractivity contribution in [3.8, 4) is 0 Å². The first-order chi connectivity index (χ1) is 9.17. The van der Waals surface area contributed by atoms with Crippen LogP contribution in [0.15, 0.2) is 18.2 Å². The monoisotopic (exact) mass is 297 g/mol. The Labute approximate surface area is 124 Å². The first-order valence-corrected chi connectivity index (χ1v) is 6.60. The number of aryl methyl sites for hydroxylation is 1. The summed E-state index contributed by atoms with van der Waals surface area (Å²) in [7, 11) is 0. The molecule has 0 aliphatic rings. The van der Waals surface area contributed by atoms with Crippen LogP contribution >= 0.6 is 0 Å². The molecule has 6 nitrogen and oxygen atoms in total. The quantitative estimate of drug-likeness (QED) is 0.830. The van der Waals surface area contributed by atoms with E-state index in [1.54, 1.807) is 20.8 Å². The fourth-order valence-corrected chi connectivity index (χ4v) is 1.86. The Hall–Kier alpha value is -1.95. The second kappa shape index (κ2) is 7.73. The Balaban J connectivity index is 0.00000400. The van der Waals surface area contributed by atoms with Crippen molar-refractivity contribution >= 4 is 11.9 Å². The van der Waals surface area contributed by atoms with E-state index < -0.39 is 23.5 Å². The second-order valence-electron chi connectivity index (χ2n) is 5.89. The summed E-state index contributed by atoms with van der Waals surface area (Å²) in [5.41, 5.74) is 1.14. The molecule has 1 aromatic heterocycles. The highest BCUT2D eigenvalue weighted by Gasteiger charge is 2.27. The molecular formula is C15H23NO5. The molecule has 0 spiro atoms. The maximum atomic E-state index is 11.7. The number of carbonyl (C=O) groups is 2. The van der Waals surface area contributed by atoms with Gasteiger partial charge in [0.15, 0.2) is 11.4 Å². The van der Waals surface area contributed by atoms with E-state index in [2.05, 4.69) is 4.98 Å². The molecular weight excluding hydrogens is 274 g/mol. The molecule has 0 fully saturated rings. The van der Waals surface area contributed by atoms with Gasteiger partial charge in [0.25, 0.3) is 0 Å². The number of aromatic nitrogens is 1. The van der Waals surface area contributed by atoms with Crippen molar-refractivity contribution in [2.24, 2.45) is 5.92 Å². The summed E-state index contributed by atoms with van der Waals surface area (Å²) in [6.45, 7) is 7.17. The number of hydrogen-bond donors (Lipinski definition) is 1. The SMILES string of the molecule is Cc1cccc(C[C@H](CC(=O)OC(C)(C)C)C(=O)O)[nH+]1.[OH-]. The van der Waals surface area contributed by atoms with Crippen molar-refractivity contribution in [2.75, 3.05) is 0 Å². The van der Waals surface area contributed by atoms with Crippen LogP contribution in [0.2, 0.25) is 0 Å². The summed E-state index contributed by atoms with van der Waals surface area (Å²) in [5, 5.41) is 9.23. The van der Waals surface area contributed by atoms with Gasteiger partial charge >= 0.3 is 11.9 Å². The number of hydrogen-bond acceptors (Lipinski definition) is 4. The van der Waals surface area contributed by atoms with Crippen molar-refractivity contribution in [1.82, 2.24) is 0 Å². The molecule has 0 aliphatic carbocycles. The van der Waals surface area contributed by atoms with E-state index in [-0.39, 0.29) is 18.3 Å². The summed E-state index contributed by atoms with van der Waals surface area (Å²) in [6.07, 6.45) is 0.143. The van der Waals surface area contributed by atoms with Gasteiger partial charge in [0.1, 0.15) is 5.60 Å². The third-order valence-corrected chi connectivity index (χ3v) is 2.65. The third-order valence-electron chi connectivity index (χ3n) is 2.65. The van der Waals surface area contributed by atoms with Crippen LogP contribution in [-0.4, -0.2) is 28.1 Å². The standard InChI is InChI=1S/C15H21NO4.H2O/c1-10-6-5-7-12(16-10)8-11(14(18)19)9-13(17)20-15(2,3)4;/h5-7,11H,8-9H2,1-4H3,(H,18,19);1H2/t11-;/m1./s1. The van der Waals surface area contributed by atoms with Crippen molar-refractivity contribution in [3.63, 3.8) is 0 Å². The summed E-state index contributed by atoms with van der Waals surface area (Å²) in [5.74, 6) is -2.27. The number of H-pyrrole nitrogens is 1. The molecule has 0 bridgehead atoms. The molecule has 6 heteroatoms. The second-order valence-corrected chi connectivity index (χ2v) is 5.89. The molecule has 0 saturated carbocycles. The van der Waals surface area contributed by atoms with E-state index >= 15 is 0 Å². The lowest BCUT2D eigenvalue weighted by Gasteiger charge is -2.20. The predicted molar refractivity (Wildman–Crippen MR) is 75.0 cm³/mol. The number of rotatable bonds is 5. The Kier molecular flexibility index (Phi) is 7.01. The molecule has 1 aromatic rings. The molecule has 0 amide bonds. The third kappa shape index (κ3) is 7.41. The largest absolute Gasteiger partial charge is 0.870 e. The Bertz CT molecular complexity index is 493. The van der Waals surface area contributed by atoms with E-state index in [4.69, 9.17) is 4.74 Å². The molecule has 21 heavy (non-hydrogen) atoms. The number of carboxylic acid groups (broad SMARTS) is 1. The predicted octanol–water partition coefficient (Wildman–Crippen LogP) is 1.61. The van der Waals surface area contributed by atoms with Crippen molar-refractivity contribution in [2.45, 2.75) is 46.1 Å². The highest BCUT2D eigenvalue weighted by Crippen LogP contribution is 2.15. The number of carbonyl (C=O) groups excluding carboxylic acids is 1. The van der Waals surface area contributed by atoms with Gasteiger partial charge in [-0.05, 0) is 26.8 Å². The van der Waals surface area contributed by atoms with E-state index in [0.717, 1.165) is 11.4 Å². The minimum atomic E-state index is -0.995. The molecule has 3 N–H and O–H groups in total. The number of carboxylic acids is 1. The van der Waals surface area contributed by atoms with Gasteiger partial charge in [-0.1, -0.05) is 0 Å². The number of pyridine rings is 1. The van der Waals surface area contributed by atoms with Crippen LogP contribution in [0.4, 0.5) is 0 Å². The average Bonchev–Trinajstić information content (AvgIpc) is 2.25. The summed E-state index contributed by atoms with van der Waals surface area (Å²) in [6, 6.07) is 5.57. The lowest BCUT2D eigenvalue weighted by atomic mass is 9.99. The lowest BCUT2D eigenvalue weighted by Crippen LogP contribution is -2.29. The minimum absolute atomic E-state index is 0. The lowest BCUT2D eigenvalue weighted by molar-refractivity contribution is -0.400. The number of aliphatic carboxylic acids is 1. The van der Waals surface area contributed by atoms with E-state index in [0.29, 0.717) is 0 Å². The number of aromatic amines is 1. The molecule has 0 radical (unpaired) electrons. The summed E-state index contributed by atoms with van der Waals surface area (Å²) >= 11 is 0. The minimum Gasteiger partial charge on any atom is -0.870 e. The van der Waals surface area contributed by atoms with Crippen molar-refractivity contribution in [1.29, 1.82) is 0 Å². The van der Waals surface area contributed by atoms with E-state index in [9.17, 15) is 14.7 Å². The first kappa shape index (κ1) is 19.1. The van der Waals surface area contributed by atoms with Crippen LogP contribution in [0, 0.1) is 12.8 Å². The maximum Gasteiger partial charge on any atom is 0.307 e. The zero-order valence-corrected chi connectivity index (χ0v) is 12.8. The Morgan fingerprint density at radius 3 is 2.43 bits per heavy atom. The first-order valence-electron chi connectivity index (χ1n) is 6.60. The molecule has 0 saturated heterocycles. The highest BCUT2D eigenvalue weighted by atomic mass is 16.6. The molecule has 1 rings (SSSR count). The van der Waals surface area contributed by atoms with Crippen LogP contribution < -0.4 is 4.98 Å². The van der Waals surface area contributed by atoms with Gasteiger partial charge in [-0.3, -0.25) is 9.59 Å². The van der Waals surface area contributed by atoms with Gasteiger partial charge in [0.2, 0.25) is 0 Å². The topological polar surface area (TPSA) is 108 Å². The average molecular weight is 297 g/mol. The van der Waals surface area contributed by atoms with Gasteiger partial charge in [-0.2, -0.15) is 0 Å². The molecule has 0 aliphatic heterocycles. The maximum absolute atomic E-state index is 11.7. The van der Waals surface area contributed by atoms with Crippen molar-refractivity contribution in [3.05, 3.63) is 29.6 Å². The number of ether oxygens (including phenoxy) is 1. The van der Waals surface area contributed by atoms with Crippen LogP contribution in [0.3, 0.4) is 0 Å². The summed E-state index contributed by atoms with van der Waals surface area (Å²) in [4.78, 5) is 26.1. The van der Waals surface area contributed by atoms with Crippen LogP contribution in [-0.2, 0) is 20.7 Å². The molecule has 1 atom stereocenters. The molecule has 1 heterocycles. The van der Waals surface area contributed by atoms with Gasteiger partial charge in [0, 0.05) is 25.5 Å². The molecule has 0 aromatic carbocycles. The Morgan fingerprint density at radius 1 is 1.33 bits per heavy atom. The number of nitrogens with one attached hydrogen (secondary N) is 1. The smallest absolute Gasteiger partial charge is 0.307 e. The zero-order valence-electron chi connectivity index (χ0n) is 12.8. The van der Waals surface area contributed by atoms with Crippen molar-refractivity contribution < 1.29 is 29.9 Å². The van der Waals surface area contributed by atoms with Crippen LogP contribution in [0.1, 0.15) is 38.6 Å². The van der Waals surface area contributed by atoms with Gasteiger partial charge in [0.05, 0.1) is 12.3 Å². The van der Waals surface area contributed by atoms with Crippen LogP contribution in [0.25, 0.3) is 0 Å². The van der Waals surface area contributed by atoms with Gasteiger partial charge in [-0.25, -0.2) is 4.98 Å². The number of esters is 1. The van der Waals surface area contributed by atoms with Crippen LogP contribution in [0.5, 0.6) is 0 Å². The van der Waals surface area contributed by atoms with Gasteiger partial charge < -0.3 is 15.3 Å². The van der Waals surface area contributed by atoms with E-state index in [1.807, 2.05) is 25.1 Å². The Morgan fingerprint density at radius 2 is 1.95 bits per heavy atom. The fraction of sp³-hybridized carbons (Fsp3) is 0.533. The highest BCUT2D eigenvalue weighted by molar-refractivity contribution is 5.79. The summed E-state index contributed by atoms with van der Waals surface area (Å²) < 4.78 is 5.17. The van der Waals surface area contributed by atoms with E-state index in [1.165, 1.54) is 0 Å².